The van der Waals surface area contributed by atoms with E-state index in [9.17, 15) is 9.46 Å². The van der Waals surface area contributed by atoms with E-state index < -0.39 is 7.37 Å². The van der Waals surface area contributed by atoms with Gasteiger partial charge in [0.15, 0.2) is 0 Å². The fraction of sp³-hybridized carbons (Fsp3) is 0.778. The molecule has 0 saturated heterocycles. The third-order valence-electron chi connectivity index (χ3n) is 2.30. The van der Waals surface area contributed by atoms with Crippen LogP contribution in [0.5, 0.6) is 0 Å². The lowest BCUT2D eigenvalue weighted by atomic mass is 10.3. The first-order chi connectivity index (χ1) is 6.17. The van der Waals surface area contributed by atoms with Gasteiger partial charge in [-0.1, -0.05) is 19.4 Å². The highest BCUT2D eigenvalue weighted by Crippen LogP contribution is 2.51. The smallest absolute Gasteiger partial charge is 0.225 e. The van der Waals surface area contributed by atoms with Crippen molar-refractivity contribution < 1.29 is 9.46 Å². The predicted molar refractivity (Wildman–Crippen MR) is 55.2 cm³/mol. The Morgan fingerprint density at radius 1 is 1.69 bits per heavy atom. The molecule has 0 aromatic heterocycles. The minimum absolute atomic E-state index is 0.454. The van der Waals surface area contributed by atoms with Crippen LogP contribution in [-0.2, 0) is 4.57 Å². The molecule has 2 N–H and O–H groups in total. The van der Waals surface area contributed by atoms with E-state index in [0.717, 1.165) is 37.7 Å². The first-order valence-corrected chi connectivity index (χ1v) is 6.73. The van der Waals surface area contributed by atoms with Crippen LogP contribution >= 0.6 is 7.37 Å². The minimum Gasteiger partial charge on any atom is -0.341 e. The molecule has 1 heterocycles. The van der Waals surface area contributed by atoms with E-state index in [0.29, 0.717) is 6.16 Å². The van der Waals surface area contributed by atoms with Crippen LogP contribution in [0.15, 0.2) is 11.4 Å². The van der Waals surface area contributed by atoms with Crippen molar-refractivity contribution in [2.24, 2.45) is 0 Å². The van der Waals surface area contributed by atoms with Crippen LogP contribution in [0.2, 0.25) is 0 Å². The van der Waals surface area contributed by atoms with Crippen LogP contribution in [0.1, 0.15) is 26.2 Å². The van der Waals surface area contributed by atoms with E-state index in [2.05, 4.69) is 5.32 Å². The Bertz CT molecular complexity index is 238. The second-order valence-corrected chi connectivity index (χ2v) is 5.85. The average molecular weight is 203 g/mol. The van der Waals surface area contributed by atoms with E-state index in [-0.39, 0.29) is 0 Å². The summed E-state index contributed by atoms with van der Waals surface area (Å²) in [5.74, 6) is 0. The van der Waals surface area contributed by atoms with Gasteiger partial charge in [-0.05, 0) is 19.4 Å². The van der Waals surface area contributed by atoms with Crippen molar-refractivity contribution in [3.63, 3.8) is 0 Å². The number of hydrogen-bond acceptors (Lipinski definition) is 2. The molecule has 1 atom stereocenters. The molecule has 1 aliphatic heterocycles. The fourth-order valence-corrected chi connectivity index (χ4v) is 3.31. The van der Waals surface area contributed by atoms with Crippen molar-refractivity contribution in [3.8, 4) is 0 Å². The highest BCUT2D eigenvalue weighted by Gasteiger charge is 2.23. The molecule has 0 aliphatic carbocycles. The van der Waals surface area contributed by atoms with Crippen LogP contribution in [0.4, 0.5) is 0 Å². The lowest BCUT2D eigenvalue weighted by molar-refractivity contribution is 0.479. The summed E-state index contributed by atoms with van der Waals surface area (Å²) in [5.41, 5.74) is 0. The number of rotatable bonds is 4. The molecule has 76 valence electrons. The van der Waals surface area contributed by atoms with Crippen molar-refractivity contribution in [1.82, 2.24) is 5.32 Å². The molecule has 1 unspecified atom stereocenters. The molecule has 0 aromatic carbocycles. The molecular weight excluding hydrogens is 185 g/mol. The number of unbranched alkanes of at least 4 members (excludes halogenated alkanes) is 1. The Morgan fingerprint density at radius 3 is 3.00 bits per heavy atom. The van der Waals surface area contributed by atoms with Gasteiger partial charge in [0.25, 0.3) is 0 Å². The Balaban J connectivity index is 2.56. The highest BCUT2D eigenvalue weighted by atomic mass is 31.2. The van der Waals surface area contributed by atoms with Gasteiger partial charge in [-0.2, -0.15) is 0 Å². The summed E-state index contributed by atoms with van der Waals surface area (Å²) in [6.45, 7) is 3.62. The standard InChI is InChI=1S/C9H18NO2P/c1-2-3-8-13(11,12)9-4-6-10-7-5-9/h4,10H,2-3,5-8H2,1H3,(H,11,12). The van der Waals surface area contributed by atoms with Crippen molar-refractivity contribution in [2.75, 3.05) is 19.3 Å². The normalized spacial score (nSPS) is 22.2. The molecule has 3 nitrogen and oxygen atoms in total. The summed E-state index contributed by atoms with van der Waals surface area (Å²) < 4.78 is 11.8. The van der Waals surface area contributed by atoms with E-state index in [4.69, 9.17) is 0 Å². The summed E-state index contributed by atoms with van der Waals surface area (Å²) in [6, 6.07) is 0. The molecular formula is C9H18NO2P. The minimum atomic E-state index is -2.96. The Labute approximate surface area is 79.7 Å². The maximum Gasteiger partial charge on any atom is 0.225 e. The van der Waals surface area contributed by atoms with Gasteiger partial charge >= 0.3 is 0 Å². The van der Waals surface area contributed by atoms with Crippen LogP contribution < -0.4 is 5.32 Å². The SMILES string of the molecule is CCCCP(=O)(O)C1=CCNCC1. The summed E-state index contributed by atoms with van der Waals surface area (Å²) >= 11 is 0. The van der Waals surface area contributed by atoms with Crippen LogP contribution in [0, 0.1) is 0 Å². The molecule has 1 aliphatic rings. The van der Waals surface area contributed by atoms with E-state index in [1.165, 1.54) is 0 Å². The molecule has 0 fully saturated rings. The van der Waals surface area contributed by atoms with E-state index in [1.54, 1.807) is 0 Å². The van der Waals surface area contributed by atoms with Crippen molar-refractivity contribution in [3.05, 3.63) is 11.4 Å². The van der Waals surface area contributed by atoms with Crippen LogP contribution in [0.25, 0.3) is 0 Å². The largest absolute Gasteiger partial charge is 0.341 e. The third kappa shape index (κ3) is 3.26. The summed E-state index contributed by atoms with van der Waals surface area (Å²) in [5, 5.41) is 3.91. The van der Waals surface area contributed by atoms with Crippen molar-refractivity contribution >= 4 is 7.37 Å². The van der Waals surface area contributed by atoms with Gasteiger partial charge in [0.1, 0.15) is 0 Å². The number of nitrogens with one attached hydrogen (secondary N) is 1. The molecule has 0 radical (unpaired) electrons. The zero-order valence-electron chi connectivity index (χ0n) is 8.12. The maximum absolute atomic E-state index is 11.8. The molecule has 0 bridgehead atoms. The van der Waals surface area contributed by atoms with Crippen molar-refractivity contribution in [1.29, 1.82) is 0 Å². The van der Waals surface area contributed by atoms with Gasteiger partial charge in [0, 0.05) is 18.0 Å². The third-order valence-corrected chi connectivity index (χ3v) is 4.53. The zero-order chi connectivity index (χ0) is 9.73. The fourth-order valence-electron chi connectivity index (χ4n) is 1.44. The average Bonchev–Trinajstić information content (AvgIpc) is 2.16. The number of hydrogen-bond donors (Lipinski definition) is 2. The lowest BCUT2D eigenvalue weighted by Crippen LogP contribution is -2.20. The van der Waals surface area contributed by atoms with Gasteiger partial charge in [-0.15, -0.1) is 0 Å². The summed E-state index contributed by atoms with van der Waals surface area (Å²) in [6.07, 6.45) is 4.89. The highest BCUT2D eigenvalue weighted by molar-refractivity contribution is 7.62. The van der Waals surface area contributed by atoms with E-state index in [1.807, 2.05) is 13.0 Å². The van der Waals surface area contributed by atoms with Gasteiger partial charge in [-0.25, -0.2) is 0 Å². The Hall–Kier alpha value is -0.110. The van der Waals surface area contributed by atoms with Crippen LogP contribution in [0.3, 0.4) is 0 Å². The molecule has 0 aromatic rings. The van der Waals surface area contributed by atoms with Gasteiger partial charge in [0.2, 0.25) is 7.37 Å². The quantitative estimate of drug-likeness (QED) is 0.686. The van der Waals surface area contributed by atoms with Crippen LogP contribution in [-0.4, -0.2) is 24.1 Å². The lowest BCUT2D eigenvalue weighted by Gasteiger charge is -2.19. The Morgan fingerprint density at radius 2 is 2.46 bits per heavy atom. The van der Waals surface area contributed by atoms with Gasteiger partial charge < -0.3 is 10.2 Å². The molecule has 0 amide bonds. The molecule has 0 spiro atoms. The summed E-state index contributed by atoms with van der Waals surface area (Å²) in [4.78, 5) is 9.73. The zero-order valence-corrected chi connectivity index (χ0v) is 9.02. The monoisotopic (exact) mass is 203 g/mol. The summed E-state index contributed by atoms with van der Waals surface area (Å²) in [7, 11) is -2.96. The second-order valence-electron chi connectivity index (χ2n) is 3.43. The predicted octanol–water partition coefficient (Wildman–Crippen LogP) is 1.93. The second kappa shape index (κ2) is 4.94. The van der Waals surface area contributed by atoms with E-state index >= 15 is 0 Å². The Kier molecular flexibility index (Phi) is 4.17. The molecule has 4 heteroatoms. The molecule has 0 saturated carbocycles. The van der Waals surface area contributed by atoms with Gasteiger partial charge in [-0.3, -0.25) is 4.57 Å². The van der Waals surface area contributed by atoms with Crippen molar-refractivity contribution in [2.45, 2.75) is 26.2 Å². The topological polar surface area (TPSA) is 49.3 Å². The molecule has 1 rings (SSSR count). The first kappa shape index (κ1) is 11.0. The first-order valence-electron chi connectivity index (χ1n) is 4.89. The maximum atomic E-state index is 11.8. The molecule has 13 heavy (non-hydrogen) atoms. The van der Waals surface area contributed by atoms with Gasteiger partial charge in [0.05, 0.1) is 0 Å².